The molecule has 0 bridgehead atoms. The van der Waals surface area contributed by atoms with Gasteiger partial charge in [0.05, 0.1) is 27.1 Å². The molecule has 1 aromatic heterocycles. The molecule has 11 nitrogen and oxygen atoms in total. The van der Waals surface area contributed by atoms with Crippen LogP contribution in [-0.2, 0) is 49.1 Å². The minimum Gasteiger partial charge on any atom is -0.468 e. The summed E-state index contributed by atoms with van der Waals surface area (Å²) in [6.45, 7) is 0.357. The number of ether oxygens (including phenoxy) is 1. The van der Waals surface area contributed by atoms with Crippen LogP contribution < -0.4 is 9.94 Å². The molecule has 0 saturated heterocycles. The molecule has 0 radical (unpaired) electrons. The Morgan fingerprint density at radius 3 is 2.33 bits per heavy atom. The maximum absolute atomic E-state index is 13.3. The third-order valence-electron chi connectivity index (χ3n) is 6.53. The van der Waals surface area contributed by atoms with Crippen LogP contribution >= 0.6 is 11.3 Å². The largest absolute Gasteiger partial charge is 0.468 e. The van der Waals surface area contributed by atoms with Crippen LogP contribution in [0.1, 0.15) is 21.5 Å². The summed E-state index contributed by atoms with van der Waals surface area (Å²) < 4.78 is 58.1. The Kier molecular flexibility index (Phi) is 7.46. The van der Waals surface area contributed by atoms with Crippen molar-refractivity contribution in [3.63, 3.8) is 0 Å². The van der Waals surface area contributed by atoms with Gasteiger partial charge in [-0.2, -0.15) is 9.30 Å². The van der Waals surface area contributed by atoms with Crippen molar-refractivity contribution in [3.8, 4) is 0 Å². The van der Waals surface area contributed by atoms with Crippen LogP contribution in [0.4, 0.5) is 0 Å². The minimum absolute atomic E-state index is 0.0570. The van der Waals surface area contributed by atoms with Gasteiger partial charge in [0, 0.05) is 18.7 Å². The van der Waals surface area contributed by atoms with Gasteiger partial charge >= 0.3 is 5.97 Å². The van der Waals surface area contributed by atoms with E-state index in [0.717, 1.165) is 22.5 Å². The number of fused-ring (bicyclic) bond motifs is 2. The van der Waals surface area contributed by atoms with E-state index in [1.807, 2.05) is 24.3 Å². The molecule has 0 aliphatic carbocycles. The summed E-state index contributed by atoms with van der Waals surface area (Å²) in [5.41, 5.74) is 2.68. The van der Waals surface area contributed by atoms with Gasteiger partial charge < -0.3 is 9.30 Å². The van der Waals surface area contributed by atoms with Gasteiger partial charge in [0.2, 0.25) is 20.0 Å². The molecule has 208 valence electrons. The van der Waals surface area contributed by atoms with Gasteiger partial charge in [-0.25, -0.2) is 22.0 Å². The van der Waals surface area contributed by atoms with E-state index in [2.05, 4.69) is 4.99 Å². The highest BCUT2D eigenvalue weighted by Gasteiger charge is 2.28. The third kappa shape index (κ3) is 5.48. The molecule has 1 amide bonds. The van der Waals surface area contributed by atoms with Crippen LogP contribution in [0.15, 0.2) is 81.5 Å². The molecule has 0 saturated carbocycles. The number of aromatic nitrogens is 1. The van der Waals surface area contributed by atoms with Gasteiger partial charge in [0.25, 0.3) is 5.91 Å². The number of thiazole rings is 1. The number of methoxy groups -OCH3 is 1. The first-order chi connectivity index (χ1) is 19.0. The Morgan fingerprint density at radius 2 is 1.65 bits per heavy atom. The van der Waals surface area contributed by atoms with Crippen molar-refractivity contribution in [2.45, 2.75) is 29.3 Å². The summed E-state index contributed by atoms with van der Waals surface area (Å²) in [4.78, 5) is 29.3. The molecule has 1 aliphatic heterocycles. The molecule has 1 aliphatic rings. The number of nitrogens with zero attached hydrogens (tertiary/aromatic N) is 3. The van der Waals surface area contributed by atoms with E-state index in [9.17, 15) is 26.4 Å². The zero-order valence-electron chi connectivity index (χ0n) is 21.2. The van der Waals surface area contributed by atoms with Gasteiger partial charge in [-0.1, -0.05) is 35.6 Å². The molecular formula is C26H24N4O7S3. The smallest absolute Gasteiger partial charge is 0.325 e. The maximum atomic E-state index is 13.3. The maximum Gasteiger partial charge on any atom is 0.325 e. The number of carbonyl (C=O) groups excluding carboxylic acids is 2. The zero-order chi connectivity index (χ0) is 28.7. The van der Waals surface area contributed by atoms with E-state index in [4.69, 9.17) is 9.88 Å². The lowest BCUT2D eigenvalue weighted by Gasteiger charge is -2.28. The summed E-state index contributed by atoms with van der Waals surface area (Å²) in [6, 6.07) is 17.3. The van der Waals surface area contributed by atoms with E-state index in [0.29, 0.717) is 23.2 Å². The standard InChI is InChI=1S/C26H24N4O7S3/c1-37-24(31)16-30-22-11-10-21(39(27,33)34)14-23(22)38-26(30)28-25(32)18-6-8-20(9-7-18)40(35,36)29-13-12-17-4-2-3-5-19(17)15-29/h2-11,14H,12-13,15-16H2,1H3,(H2,27,33,34). The fraction of sp³-hybridized carbons (Fsp3) is 0.192. The minimum atomic E-state index is -3.98. The molecule has 0 fully saturated rings. The van der Waals surface area contributed by atoms with Crippen molar-refractivity contribution in [1.29, 1.82) is 0 Å². The predicted molar refractivity (Wildman–Crippen MR) is 147 cm³/mol. The monoisotopic (exact) mass is 600 g/mol. The fourth-order valence-electron chi connectivity index (χ4n) is 4.41. The number of hydrogen-bond donors (Lipinski definition) is 1. The summed E-state index contributed by atoms with van der Waals surface area (Å²) in [6.07, 6.45) is 0.615. The van der Waals surface area contributed by atoms with Crippen molar-refractivity contribution in [2.24, 2.45) is 10.1 Å². The summed E-state index contributed by atoms with van der Waals surface area (Å²) in [7, 11) is -6.54. The molecule has 0 atom stereocenters. The number of hydrogen-bond acceptors (Lipinski definition) is 8. The molecule has 0 unspecified atom stereocenters. The number of carbonyl (C=O) groups is 2. The quantitative estimate of drug-likeness (QED) is 0.332. The van der Waals surface area contributed by atoms with E-state index < -0.39 is 31.9 Å². The molecule has 2 N–H and O–H groups in total. The van der Waals surface area contributed by atoms with Gasteiger partial charge in [0.15, 0.2) is 4.80 Å². The van der Waals surface area contributed by atoms with Crippen LogP contribution in [0.3, 0.4) is 0 Å². The number of sulfonamides is 2. The predicted octanol–water partition coefficient (Wildman–Crippen LogP) is 2.01. The Labute approximate surface area is 234 Å². The lowest BCUT2D eigenvalue weighted by atomic mass is 10.0. The Balaban J connectivity index is 1.46. The molecule has 4 aromatic rings. The van der Waals surface area contributed by atoms with Gasteiger partial charge in [-0.05, 0) is 60.0 Å². The summed E-state index contributed by atoms with van der Waals surface area (Å²) in [5.74, 6) is -1.27. The molecule has 14 heteroatoms. The second-order valence-electron chi connectivity index (χ2n) is 9.02. The first-order valence-electron chi connectivity index (χ1n) is 12.0. The highest BCUT2D eigenvalue weighted by molar-refractivity contribution is 7.89. The fourth-order valence-corrected chi connectivity index (χ4v) is 7.51. The third-order valence-corrected chi connectivity index (χ3v) is 10.3. The summed E-state index contributed by atoms with van der Waals surface area (Å²) >= 11 is 0.995. The first-order valence-corrected chi connectivity index (χ1v) is 15.8. The Hall–Kier alpha value is -3.69. The average molecular weight is 601 g/mol. The highest BCUT2D eigenvalue weighted by atomic mass is 32.2. The van der Waals surface area contributed by atoms with Crippen LogP contribution in [-0.4, -0.2) is 51.2 Å². The zero-order valence-corrected chi connectivity index (χ0v) is 23.6. The number of esters is 1. The van der Waals surface area contributed by atoms with Crippen molar-refractivity contribution in [2.75, 3.05) is 13.7 Å². The molecule has 0 spiro atoms. The molecular weight excluding hydrogens is 577 g/mol. The van der Waals surface area contributed by atoms with Crippen molar-refractivity contribution < 1.29 is 31.2 Å². The lowest BCUT2D eigenvalue weighted by Crippen LogP contribution is -2.35. The number of amides is 1. The number of nitrogens with two attached hydrogens (primary N) is 1. The van der Waals surface area contributed by atoms with Crippen LogP contribution in [0.25, 0.3) is 10.2 Å². The van der Waals surface area contributed by atoms with E-state index in [1.54, 1.807) is 0 Å². The molecule has 5 rings (SSSR count). The molecule has 40 heavy (non-hydrogen) atoms. The van der Waals surface area contributed by atoms with Gasteiger partial charge in [0.1, 0.15) is 6.54 Å². The average Bonchev–Trinajstić information content (AvgIpc) is 3.27. The van der Waals surface area contributed by atoms with Crippen LogP contribution in [0.2, 0.25) is 0 Å². The second-order valence-corrected chi connectivity index (χ2v) is 13.5. The topological polar surface area (TPSA) is 158 Å². The van der Waals surface area contributed by atoms with E-state index in [-0.39, 0.29) is 33.2 Å². The normalized spacial score (nSPS) is 14.7. The SMILES string of the molecule is COC(=O)Cn1c(=NC(=O)c2ccc(S(=O)(=O)N3CCc4ccccc4C3)cc2)sc2cc(S(N)(=O)=O)ccc21. The van der Waals surface area contributed by atoms with Gasteiger partial charge in [-0.3, -0.25) is 9.59 Å². The van der Waals surface area contributed by atoms with E-state index in [1.165, 1.54) is 58.4 Å². The van der Waals surface area contributed by atoms with E-state index >= 15 is 0 Å². The van der Waals surface area contributed by atoms with Crippen molar-refractivity contribution in [3.05, 3.63) is 88.2 Å². The van der Waals surface area contributed by atoms with Crippen LogP contribution in [0.5, 0.6) is 0 Å². The second kappa shape index (κ2) is 10.7. The number of rotatable bonds is 6. The molecule has 2 heterocycles. The van der Waals surface area contributed by atoms with Crippen molar-refractivity contribution in [1.82, 2.24) is 8.87 Å². The highest BCUT2D eigenvalue weighted by Crippen LogP contribution is 2.25. The lowest BCUT2D eigenvalue weighted by molar-refractivity contribution is -0.141. The summed E-state index contributed by atoms with van der Waals surface area (Å²) in [5, 5.41) is 5.24. The van der Waals surface area contributed by atoms with Gasteiger partial charge in [-0.15, -0.1) is 0 Å². The van der Waals surface area contributed by atoms with Crippen LogP contribution in [0, 0.1) is 0 Å². The Bertz CT molecular complexity index is 1930. The Morgan fingerprint density at radius 1 is 0.975 bits per heavy atom. The first kappa shape index (κ1) is 27.9. The molecule has 3 aromatic carbocycles. The number of primary sulfonamides is 1. The number of benzene rings is 3. The van der Waals surface area contributed by atoms with Crippen molar-refractivity contribution >= 4 is 53.5 Å².